The lowest BCUT2D eigenvalue weighted by Crippen LogP contribution is -2.21. The van der Waals surface area contributed by atoms with Crippen LogP contribution < -0.4 is 5.73 Å². The summed E-state index contributed by atoms with van der Waals surface area (Å²) in [6.45, 7) is 10.1. The molecule has 4 nitrogen and oxygen atoms in total. The molecule has 0 saturated carbocycles. The van der Waals surface area contributed by atoms with Crippen LogP contribution in [0.25, 0.3) is 0 Å². The van der Waals surface area contributed by atoms with Gasteiger partial charge in [0, 0.05) is 0 Å². The highest BCUT2D eigenvalue weighted by atomic mass is 16.5. The highest BCUT2D eigenvalue weighted by Crippen LogP contribution is 1.81. The third kappa shape index (κ3) is 12.0. The monoisotopic (exact) mass is 176 g/mol. The summed E-state index contributed by atoms with van der Waals surface area (Å²) in [4.78, 5) is 11.7. The van der Waals surface area contributed by atoms with Crippen LogP contribution in [0.5, 0.6) is 0 Å². The molecule has 0 unspecified atom stereocenters. The molecule has 4 heteroatoms. The van der Waals surface area contributed by atoms with Crippen molar-refractivity contribution in [3.63, 3.8) is 0 Å². The highest BCUT2D eigenvalue weighted by Gasteiger charge is 1.89. The Balaban J connectivity index is 0. The Kier molecular flexibility index (Phi) is 11.8. The molecule has 1 amide bonds. The molecule has 0 fully saturated rings. The van der Waals surface area contributed by atoms with E-state index in [1.807, 2.05) is 0 Å². The maximum absolute atomic E-state index is 9.37. The Morgan fingerprint density at radius 3 is 1.50 bits per heavy atom. The van der Waals surface area contributed by atoms with Gasteiger partial charge in [-0.2, -0.15) is 0 Å². The van der Waals surface area contributed by atoms with Crippen molar-refractivity contribution in [3.8, 4) is 0 Å². The SMILES string of the molecule is CCN(CC)CC.COC(N)=O. The fourth-order valence-corrected chi connectivity index (χ4v) is 0.671. The lowest BCUT2D eigenvalue weighted by molar-refractivity contribution is 0.182. The molecule has 0 atom stereocenters. The predicted molar refractivity (Wildman–Crippen MR) is 50.1 cm³/mol. The van der Waals surface area contributed by atoms with Crippen molar-refractivity contribution in [3.05, 3.63) is 0 Å². The van der Waals surface area contributed by atoms with Crippen molar-refractivity contribution in [1.29, 1.82) is 0 Å². The van der Waals surface area contributed by atoms with Gasteiger partial charge in [-0.05, 0) is 19.6 Å². The number of carbonyl (C=O) groups is 1. The quantitative estimate of drug-likeness (QED) is 0.699. The average molecular weight is 176 g/mol. The number of rotatable bonds is 3. The van der Waals surface area contributed by atoms with E-state index in [9.17, 15) is 4.79 Å². The summed E-state index contributed by atoms with van der Waals surface area (Å²) in [7, 11) is 1.22. The molecule has 0 rings (SSSR count). The van der Waals surface area contributed by atoms with E-state index in [4.69, 9.17) is 0 Å². The van der Waals surface area contributed by atoms with Crippen LogP contribution in [-0.4, -0.2) is 37.7 Å². The standard InChI is InChI=1S/C6H15N.C2H5NO2/c1-4-7(5-2)6-3;1-5-2(3)4/h4-6H2,1-3H3;1H3,(H2,3,4). The number of nitrogens with two attached hydrogens (primary N) is 1. The Labute approximate surface area is 74.7 Å². The zero-order chi connectivity index (χ0) is 9.98. The first kappa shape index (κ1) is 13.8. The van der Waals surface area contributed by atoms with Crippen molar-refractivity contribution in [2.24, 2.45) is 5.73 Å². The van der Waals surface area contributed by atoms with Crippen LogP contribution in [0.2, 0.25) is 0 Å². The van der Waals surface area contributed by atoms with E-state index in [1.165, 1.54) is 26.7 Å². The second-order valence-corrected chi connectivity index (χ2v) is 2.14. The number of amides is 1. The lowest BCUT2D eigenvalue weighted by Gasteiger charge is -2.13. The number of hydrogen-bond donors (Lipinski definition) is 1. The van der Waals surface area contributed by atoms with Crippen LogP contribution in [0.15, 0.2) is 0 Å². The largest absolute Gasteiger partial charge is 0.453 e. The van der Waals surface area contributed by atoms with Gasteiger partial charge in [-0.3, -0.25) is 0 Å². The highest BCUT2D eigenvalue weighted by molar-refractivity contribution is 5.64. The molecular weight excluding hydrogens is 156 g/mol. The van der Waals surface area contributed by atoms with Gasteiger partial charge in [-0.15, -0.1) is 0 Å². The van der Waals surface area contributed by atoms with Gasteiger partial charge in [-0.25, -0.2) is 4.79 Å². The first-order chi connectivity index (χ1) is 5.62. The zero-order valence-corrected chi connectivity index (χ0v) is 8.46. The van der Waals surface area contributed by atoms with Crippen molar-refractivity contribution in [1.82, 2.24) is 4.90 Å². The van der Waals surface area contributed by atoms with Crippen LogP contribution in [0.3, 0.4) is 0 Å². The number of hydrogen-bond acceptors (Lipinski definition) is 3. The second kappa shape index (κ2) is 10.2. The molecule has 0 aliphatic heterocycles. The van der Waals surface area contributed by atoms with Crippen LogP contribution >= 0.6 is 0 Å². The fraction of sp³-hybridized carbons (Fsp3) is 0.875. The number of ether oxygens (including phenoxy) is 1. The summed E-state index contributed by atoms with van der Waals surface area (Å²) in [5, 5.41) is 0. The van der Waals surface area contributed by atoms with Gasteiger partial charge in [0.1, 0.15) is 0 Å². The fourth-order valence-electron chi connectivity index (χ4n) is 0.671. The van der Waals surface area contributed by atoms with Crippen molar-refractivity contribution < 1.29 is 9.53 Å². The zero-order valence-electron chi connectivity index (χ0n) is 8.46. The normalized spacial score (nSPS) is 8.75. The topological polar surface area (TPSA) is 55.6 Å². The molecule has 0 aromatic rings. The number of methoxy groups -OCH3 is 1. The Bertz CT molecular complexity index is 97.7. The van der Waals surface area contributed by atoms with Crippen molar-refractivity contribution >= 4 is 6.09 Å². The second-order valence-electron chi connectivity index (χ2n) is 2.14. The summed E-state index contributed by atoms with van der Waals surface area (Å²) in [6, 6.07) is 0. The Morgan fingerprint density at radius 1 is 1.25 bits per heavy atom. The molecule has 0 aromatic carbocycles. The third-order valence-corrected chi connectivity index (χ3v) is 1.54. The van der Waals surface area contributed by atoms with E-state index in [0.717, 1.165) is 0 Å². The molecule has 2 N–H and O–H groups in total. The van der Waals surface area contributed by atoms with Gasteiger partial charge in [0.2, 0.25) is 0 Å². The Hall–Kier alpha value is -0.770. The molecule has 0 heterocycles. The van der Waals surface area contributed by atoms with Crippen LogP contribution in [0, 0.1) is 0 Å². The van der Waals surface area contributed by atoms with Gasteiger partial charge < -0.3 is 15.4 Å². The number of carbonyl (C=O) groups excluding carboxylic acids is 1. The molecule has 0 spiro atoms. The molecule has 74 valence electrons. The predicted octanol–water partition coefficient (Wildman–Crippen LogP) is 1.06. The molecule has 0 bridgehead atoms. The summed E-state index contributed by atoms with van der Waals surface area (Å²) in [5.41, 5.74) is 4.43. The van der Waals surface area contributed by atoms with Crippen LogP contribution in [0.1, 0.15) is 20.8 Å². The molecule has 0 aliphatic rings. The van der Waals surface area contributed by atoms with E-state index in [2.05, 4.69) is 36.1 Å². The van der Waals surface area contributed by atoms with E-state index in [1.54, 1.807) is 0 Å². The molecule has 0 radical (unpaired) electrons. The third-order valence-electron chi connectivity index (χ3n) is 1.54. The lowest BCUT2D eigenvalue weighted by atomic mass is 10.5. The van der Waals surface area contributed by atoms with Gasteiger partial charge in [-0.1, -0.05) is 20.8 Å². The van der Waals surface area contributed by atoms with Gasteiger partial charge in [0.15, 0.2) is 0 Å². The smallest absolute Gasteiger partial charge is 0.404 e. The summed E-state index contributed by atoms with van der Waals surface area (Å²) < 4.78 is 3.89. The Morgan fingerprint density at radius 2 is 1.50 bits per heavy atom. The van der Waals surface area contributed by atoms with Gasteiger partial charge in [0.25, 0.3) is 0 Å². The van der Waals surface area contributed by atoms with Crippen molar-refractivity contribution in [2.45, 2.75) is 20.8 Å². The first-order valence-electron chi connectivity index (χ1n) is 4.18. The molecule has 0 saturated heterocycles. The molecule has 0 aliphatic carbocycles. The molecule has 12 heavy (non-hydrogen) atoms. The van der Waals surface area contributed by atoms with Crippen LogP contribution in [0.4, 0.5) is 4.79 Å². The molecule has 0 aromatic heterocycles. The van der Waals surface area contributed by atoms with E-state index in [-0.39, 0.29) is 0 Å². The number of nitrogens with zero attached hydrogens (tertiary/aromatic N) is 1. The van der Waals surface area contributed by atoms with E-state index < -0.39 is 6.09 Å². The minimum absolute atomic E-state index is 0.745. The summed E-state index contributed by atoms with van der Waals surface area (Å²) in [6.07, 6.45) is -0.745. The van der Waals surface area contributed by atoms with E-state index >= 15 is 0 Å². The maximum Gasteiger partial charge on any atom is 0.404 e. The van der Waals surface area contributed by atoms with Crippen molar-refractivity contribution in [2.75, 3.05) is 26.7 Å². The molecular formula is C8H20N2O2. The summed E-state index contributed by atoms with van der Waals surface area (Å²) >= 11 is 0. The maximum atomic E-state index is 9.37. The summed E-state index contributed by atoms with van der Waals surface area (Å²) in [5.74, 6) is 0. The average Bonchev–Trinajstić information content (AvgIpc) is 2.09. The van der Waals surface area contributed by atoms with Gasteiger partial charge >= 0.3 is 6.09 Å². The minimum Gasteiger partial charge on any atom is -0.453 e. The van der Waals surface area contributed by atoms with Crippen LogP contribution in [-0.2, 0) is 4.74 Å². The van der Waals surface area contributed by atoms with E-state index in [0.29, 0.717) is 0 Å². The van der Waals surface area contributed by atoms with Gasteiger partial charge in [0.05, 0.1) is 7.11 Å². The number of primary amides is 1. The minimum atomic E-state index is -0.745. The first-order valence-corrected chi connectivity index (χ1v) is 4.18.